The van der Waals surface area contributed by atoms with Gasteiger partial charge in [0.1, 0.15) is 16.5 Å². The van der Waals surface area contributed by atoms with Crippen LogP contribution in [0.5, 0.6) is 0 Å². The number of hydrogen-bond donors (Lipinski definition) is 1. The van der Waals surface area contributed by atoms with Gasteiger partial charge in [0.05, 0.1) is 18.0 Å². The number of fused-ring (bicyclic) bond motifs is 1. The Morgan fingerprint density at radius 3 is 2.90 bits per heavy atom. The molecule has 2 aromatic rings. The van der Waals surface area contributed by atoms with Crippen LogP contribution in [0.25, 0.3) is 10.2 Å². The Labute approximate surface area is 129 Å². The van der Waals surface area contributed by atoms with Gasteiger partial charge in [-0.15, -0.1) is 11.3 Å². The van der Waals surface area contributed by atoms with Crippen LogP contribution in [0.15, 0.2) is 11.4 Å². The third-order valence-electron chi connectivity index (χ3n) is 3.91. The molecule has 0 aliphatic carbocycles. The van der Waals surface area contributed by atoms with E-state index in [-0.39, 0.29) is 0 Å². The van der Waals surface area contributed by atoms with E-state index in [1.54, 1.807) is 11.3 Å². The van der Waals surface area contributed by atoms with Crippen molar-refractivity contribution in [3.05, 3.63) is 17.3 Å². The average Bonchev–Trinajstić information content (AvgIpc) is 2.97. The average molecular weight is 306 g/mol. The topological polar surface area (TPSA) is 50.3 Å². The molecule has 3 rings (SSSR count). The van der Waals surface area contributed by atoms with Crippen LogP contribution in [0.3, 0.4) is 0 Å². The maximum atomic E-state index is 5.70. The summed E-state index contributed by atoms with van der Waals surface area (Å²) in [5.41, 5.74) is 0. The minimum Gasteiger partial charge on any atom is -0.378 e. The number of anilines is 1. The van der Waals surface area contributed by atoms with Crippen molar-refractivity contribution in [1.82, 2.24) is 14.9 Å². The van der Waals surface area contributed by atoms with Crippen LogP contribution >= 0.6 is 11.3 Å². The molecule has 6 heteroatoms. The van der Waals surface area contributed by atoms with Gasteiger partial charge in [0, 0.05) is 26.7 Å². The van der Waals surface area contributed by atoms with E-state index in [1.807, 2.05) is 7.05 Å². The van der Waals surface area contributed by atoms with Crippen LogP contribution in [-0.2, 0) is 11.3 Å². The highest BCUT2D eigenvalue weighted by Crippen LogP contribution is 2.25. The van der Waals surface area contributed by atoms with E-state index in [2.05, 4.69) is 38.6 Å². The third kappa shape index (κ3) is 3.33. The molecular weight excluding hydrogens is 284 g/mol. The second-order valence-corrected chi connectivity index (χ2v) is 6.20. The highest BCUT2D eigenvalue weighted by atomic mass is 32.1. The minimum atomic E-state index is 0.430. The van der Waals surface area contributed by atoms with Gasteiger partial charge in [-0.1, -0.05) is 0 Å². The third-order valence-corrected chi connectivity index (χ3v) is 4.72. The van der Waals surface area contributed by atoms with Gasteiger partial charge in [-0.2, -0.15) is 0 Å². The van der Waals surface area contributed by atoms with Gasteiger partial charge in [-0.05, 0) is 31.2 Å². The molecule has 2 aromatic heterocycles. The van der Waals surface area contributed by atoms with Crippen molar-refractivity contribution in [3.8, 4) is 0 Å². The van der Waals surface area contributed by atoms with Crippen LogP contribution in [0.2, 0.25) is 0 Å². The molecule has 1 aliphatic rings. The smallest absolute Gasteiger partial charge is 0.146 e. The lowest BCUT2D eigenvalue weighted by atomic mass is 10.1. The molecule has 0 atom stereocenters. The molecule has 21 heavy (non-hydrogen) atoms. The van der Waals surface area contributed by atoms with Crippen LogP contribution in [0.1, 0.15) is 25.6 Å². The molecule has 0 unspecified atom stereocenters. The van der Waals surface area contributed by atoms with E-state index < -0.39 is 0 Å². The quantitative estimate of drug-likeness (QED) is 0.920. The summed E-state index contributed by atoms with van der Waals surface area (Å²) in [7, 11) is 1.91. The molecule has 0 bridgehead atoms. The van der Waals surface area contributed by atoms with Gasteiger partial charge in [0.2, 0.25) is 0 Å². The Balaban J connectivity index is 1.68. The SMILES string of the molecule is CCOC1CCN(Cc2nc(NC)c3ccsc3n2)CC1. The number of piperidine rings is 1. The van der Waals surface area contributed by atoms with Crippen LogP contribution in [0.4, 0.5) is 5.82 Å². The van der Waals surface area contributed by atoms with Gasteiger partial charge in [0.15, 0.2) is 0 Å². The fourth-order valence-electron chi connectivity index (χ4n) is 2.83. The van der Waals surface area contributed by atoms with Crippen molar-refractivity contribution in [1.29, 1.82) is 0 Å². The molecule has 0 radical (unpaired) electrons. The largest absolute Gasteiger partial charge is 0.378 e. The van der Waals surface area contributed by atoms with E-state index >= 15 is 0 Å². The van der Waals surface area contributed by atoms with Gasteiger partial charge in [-0.3, -0.25) is 4.90 Å². The molecule has 1 saturated heterocycles. The van der Waals surface area contributed by atoms with Crippen molar-refractivity contribution < 1.29 is 4.74 Å². The van der Waals surface area contributed by atoms with E-state index in [0.29, 0.717) is 6.10 Å². The maximum absolute atomic E-state index is 5.70. The summed E-state index contributed by atoms with van der Waals surface area (Å²) >= 11 is 1.67. The Kier molecular flexibility index (Phi) is 4.67. The van der Waals surface area contributed by atoms with E-state index in [4.69, 9.17) is 4.74 Å². The second-order valence-electron chi connectivity index (χ2n) is 5.31. The fraction of sp³-hybridized carbons (Fsp3) is 0.600. The summed E-state index contributed by atoms with van der Waals surface area (Å²) in [6, 6.07) is 2.07. The zero-order valence-electron chi connectivity index (χ0n) is 12.6. The van der Waals surface area contributed by atoms with Crippen molar-refractivity contribution in [2.45, 2.75) is 32.4 Å². The number of aromatic nitrogens is 2. The lowest BCUT2D eigenvalue weighted by Crippen LogP contribution is -2.37. The first-order valence-corrected chi connectivity index (χ1v) is 8.44. The number of likely N-dealkylation sites (tertiary alicyclic amines) is 1. The molecule has 0 spiro atoms. The minimum absolute atomic E-state index is 0.430. The lowest BCUT2D eigenvalue weighted by molar-refractivity contribution is 0.0120. The first kappa shape index (κ1) is 14.7. The molecule has 0 aromatic carbocycles. The van der Waals surface area contributed by atoms with Crippen molar-refractivity contribution in [2.24, 2.45) is 0 Å². The number of rotatable bonds is 5. The molecule has 0 amide bonds. The molecule has 0 saturated carbocycles. The normalized spacial score (nSPS) is 17.4. The van der Waals surface area contributed by atoms with Crippen LogP contribution in [-0.4, -0.2) is 47.7 Å². The van der Waals surface area contributed by atoms with Crippen LogP contribution < -0.4 is 5.32 Å². The molecule has 1 N–H and O–H groups in total. The predicted molar refractivity (Wildman–Crippen MR) is 86.9 cm³/mol. The standard InChI is InChI=1S/C15H22N4OS/c1-3-20-11-4-7-19(8-5-11)10-13-17-14(16-2)12-6-9-21-15(12)18-13/h6,9,11H,3-5,7-8,10H2,1-2H3,(H,16,17,18). The first-order valence-electron chi connectivity index (χ1n) is 7.56. The number of hydrogen-bond acceptors (Lipinski definition) is 6. The molecule has 114 valence electrons. The summed E-state index contributed by atoms with van der Waals surface area (Å²) in [6.07, 6.45) is 2.64. The Bertz CT molecular complexity index is 592. The highest BCUT2D eigenvalue weighted by molar-refractivity contribution is 7.16. The number of thiophene rings is 1. The summed E-state index contributed by atoms with van der Waals surface area (Å²) in [5, 5.41) is 6.35. The molecule has 1 aliphatic heterocycles. The van der Waals surface area contributed by atoms with Gasteiger partial charge in [0.25, 0.3) is 0 Å². The second kappa shape index (κ2) is 6.68. The van der Waals surface area contributed by atoms with E-state index in [1.165, 1.54) is 0 Å². The van der Waals surface area contributed by atoms with Gasteiger partial charge in [-0.25, -0.2) is 9.97 Å². The molecular formula is C15H22N4OS. The molecule has 3 heterocycles. The number of ether oxygens (including phenoxy) is 1. The zero-order chi connectivity index (χ0) is 14.7. The van der Waals surface area contributed by atoms with Crippen molar-refractivity contribution in [2.75, 3.05) is 32.1 Å². The van der Waals surface area contributed by atoms with Crippen molar-refractivity contribution in [3.63, 3.8) is 0 Å². The zero-order valence-corrected chi connectivity index (χ0v) is 13.4. The summed E-state index contributed by atoms with van der Waals surface area (Å²) in [5.74, 6) is 1.84. The molecule has 5 nitrogen and oxygen atoms in total. The first-order chi connectivity index (χ1) is 10.3. The fourth-order valence-corrected chi connectivity index (χ4v) is 3.61. The van der Waals surface area contributed by atoms with Gasteiger partial charge >= 0.3 is 0 Å². The molecule has 1 fully saturated rings. The number of nitrogens with one attached hydrogen (secondary N) is 1. The highest BCUT2D eigenvalue weighted by Gasteiger charge is 2.20. The van der Waals surface area contributed by atoms with E-state index in [0.717, 1.165) is 60.9 Å². The Hall–Kier alpha value is -1.24. The number of nitrogens with zero attached hydrogens (tertiary/aromatic N) is 3. The Morgan fingerprint density at radius 1 is 1.38 bits per heavy atom. The maximum Gasteiger partial charge on any atom is 0.146 e. The van der Waals surface area contributed by atoms with Crippen molar-refractivity contribution >= 4 is 27.4 Å². The lowest BCUT2D eigenvalue weighted by Gasteiger charge is -2.31. The summed E-state index contributed by atoms with van der Waals surface area (Å²) in [6.45, 7) is 5.82. The summed E-state index contributed by atoms with van der Waals surface area (Å²) in [4.78, 5) is 12.8. The Morgan fingerprint density at radius 2 is 2.19 bits per heavy atom. The predicted octanol–water partition coefficient (Wildman–Crippen LogP) is 2.73. The monoisotopic (exact) mass is 306 g/mol. The van der Waals surface area contributed by atoms with Gasteiger partial charge < -0.3 is 10.1 Å². The van der Waals surface area contributed by atoms with E-state index in [9.17, 15) is 0 Å². The van der Waals surface area contributed by atoms with Crippen LogP contribution in [0, 0.1) is 0 Å². The summed E-state index contributed by atoms with van der Waals surface area (Å²) < 4.78 is 5.70.